The van der Waals surface area contributed by atoms with E-state index < -0.39 is 16.7 Å². The van der Waals surface area contributed by atoms with Crippen LogP contribution in [0, 0.1) is 0 Å². The summed E-state index contributed by atoms with van der Waals surface area (Å²) in [7, 11) is -2.79. The second-order valence-corrected chi connectivity index (χ2v) is 8.55. The summed E-state index contributed by atoms with van der Waals surface area (Å²) in [5.41, 5.74) is 1.74. The summed E-state index contributed by atoms with van der Waals surface area (Å²) in [5.74, 6) is -0.243. The van der Waals surface area contributed by atoms with Crippen molar-refractivity contribution >= 4 is 16.0 Å². The van der Waals surface area contributed by atoms with Crippen molar-refractivity contribution in [3.05, 3.63) is 89.5 Å². The lowest BCUT2D eigenvalue weighted by atomic mass is 10.0. The van der Waals surface area contributed by atoms with Gasteiger partial charge >= 0.3 is 10.1 Å². The minimum absolute atomic E-state index is 0.0324. The van der Waals surface area contributed by atoms with Crippen LogP contribution in [0.2, 0.25) is 0 Å². The van der Waals surface area contributed by atoms with Crippen LogP contribution in [-0.4, -0.2) is 33.1 Å². The maximum Gasteiger partial charge on any atom is 0.339 e. The maximum atomic E-state index is 12.7. The molecule has 0 aliphatic heterocycles. The molecule has 7 nitrogen and oxygen atoms in total. The molecule has 3 aromatic carbocycles. The fraction of sp³-hybridized carbons (Fsp3) is 0.208. The van der Waals surface area contributed by atoms with Gasteiger partial charge < -0.3 is 19.3 Å². The predicted octanol–water partition coefficient (Wildman–Crippen LogP) is 2.86. The molecule has 0 heterocycles. The summed E-state index contributed by atoms with van der Waals surface area (Å²) in [5, 5.41) is 12.8. The highest BCUT2D eigenvalue weighted by atomic mass is 32.2. The zero-order chi connectivity index (χ0) is 23.0. The van der Waals surface area contributed by atoms with Gasteiger partial charge in [-0.3, -0.25) is 4.79 Å². The Bertz CT molecular complexity index is 1150. The maximum absolute atomic E-state index is 12.7. The number of benzene rings is 3. The van der Waals surface area contributed by atoms with Crippen molar-refractivity contribution in [1.82, 2.24) is 5.32 Å². The monoisotopic (exact) mass is 455 g/mol. The molecule has 0 aliphatic rings. The zero-order valence-electron chi connectivity index (χ0n) is 17.7. The number of carbonyl (C=O) groups excluding carboxylic acids is 1. The Morgan fingerprint density at radius 1 is 0.969 bits per heavy atom. The summed E-state index contributed by atoms with van der Waals surface area (Å²) in [6, 6.07) is 20.6. The van der Waals surface area contributed by atoms with Crippen molar-refractivity contribution in [2.75, 3.05) is 13.7 Å². The van der Waals surface area contributed by atoms with Crippen LogP contribution in [-0.2, 0) is 34.4 Å². The molecule has 8 heteroatoms. The van der Waals surface area contributed by atoms with Crippen LogP contribution >= 0.6 is 0 Å². The quantitative estimate of drug-likeness (QED) is 0.456. The predicted molar refractivity (Wildman–Crippen MR) is 120 cm³/mol. The SMILES string of the molecule is COc1ccc(CC(=O)NCCc2ccccc2)c(CO)c1OS(=O)(=O)c1ccccc1. The Hall–Kier alpha value is -3.36. The Morgan fingerprint density at radius 2 is 1.62 bits per heavy atom. The van der Waals surface area contributed by atoms with Gasteiger partial charge in [0.1, 0.15) is 4.90 Å². The second kappa shape index (κ2) is 10.8. The molecule has 0 aromatic heterocycles. The lowest BCUT2D eigenvalue weighted by Gasteiger charge is -2.17. The van der Waals surface area contributed by atoms with Crippen LogP contribution in [0.25, 0.3) is 0 Å². The molecule has 0 saturated heterocycles. The molecule has 0 aliphatic carbocycles. The van der Waals surface area contributed by atoms with E-state index in [-0.39, 0.29) is 34.3 Å². The molecular weight excluding hydrogens is 430 g/mol. The number of rotatable bonds is 10. The normalized spacial score (nSPS) is 11.1. The highest BCUT2D eigenvalue weighted by molar-refractivity contribution is 7.87. The number of nitrogens with one attached hydrogen (secondary N) is 1. The highest BCUT2D eigenvalue weighted by Crippen LogP contribution is 2.36. The van der Waals surface area contributed by atoms with E-state index in [1.807, 2.05) is 30.3 Å². The third kappa shape index (κ3) is 5.87. The van der Waals surface area contributed by atoms with E-state index >= 15 is 0 Å². The van der Waals surface area contributed by atoms with Crippen molar-refractivity contribution in [3.8, 4) is 11.5 Å². The first-order valence-corrected chi connectivity index (χ1v) is 11.4. The van der Waals surface area contributed by atoms with Crippen LogP contribution < -0.4 is 14.2 Å². The van der Waals surface area contributed by atoms with Crippen LogP contribution in [0.1, 0.15) is 16.7 Å². The minimum atomic E-state index is -4.16. The Labute approximate surface area is 187 Å². The van der Waals surface area contributed by atoms with Crippen LogP contribution in [0.4, 0.5) is 0 Å². The molecule has 168 valence electrons. The summed E-state index contributed by atoms with van der Waals surface area (Å²) < 4.78 is 36.0. The first kappa shape index (κ1) is 23.3. The molecule has 3 aromatic rings. The summed E-state index contributed by atoms with van der Waals surface area (Å²) in [6.07, 6.45) is 0.641. The van der Waals surface area contributed by atoms with Gasteiger partial charge in [-0.25, -0.2) is 0 Å². The summed E-state index contributed by atoms with van der Waals surface area (Å²) in [6.45, 7) is -0.0668. The van der Waals surface area contributed by atoms with Gasteiger partial charge in [0.25, 0.3) is 0 Å². The fourth-order valence-corrected chi connectivity index (χ4v) is 4.20. The van der Waals surface area contributed by atoms with Crippen molar-refractivity contribution in [2.45, 2.75) is 24.3 Å². The van der Waals surface area contributed by atoms with E-state index in [0.29, 0.717) is 18.5 Å². The average Bonchev–Trinajstić information content (AvgIpc) is 2.80. The number of aliphatic hydroxyl groups is 1. The molecule has 0 bridgehead atoms. The number of methoxy groups -OCH3 is 1. The third-order valence-electron chi connectivity index (χ3n) is 4.85. The number of hydrogen-bond donors (Lipinski definition) is 2. The van der Waals surface area contributed by atoms with Crippen molar-refractivity contribution in [3.63, 3.8) is 0 Å². The van der Waals surface area contributed by atoms with Gasteiger partial charge in [0.15, 0.2) is 11.5 Å². The fourth-order valence-electron chi connectivity index (χ4n) is 3.21. The average molecular weight is 456 g/mol. The lowest BCUT2D eigenvalue weighted by Crippen LogP contribution is -2.27. The smallest absolute Gasteiger partial charge is 0.339 e. The number of amides is 1. The van der Waals surface area contributed by atoms with Crippen LogP contribution in [0.5, 0.6) is 11.5 Å². The number of ether oxygens (including phenoxy) is 1. The molecular formula is C24H25NO6S. The molecule has 0 unspecified atom stereocenters. The van der Waals surface area contributed by atoms with Gasteiger partial charge in [-0.2, -0.15) is 8.42 Å². The Kier molecular flexibility index (Phi) is 7.86. The van der Waals surface area contributed by atoms with Gasteiger partial charge in [0, 0.05) is 12.1 Å². The van der Waals surface area contributed by atoms with Gasteiger partial charge in [0.05, 0.1) is 20.1 Å². The van der Waals surface area contributed by atoms with E-state index in [9.17, 15) is 18.3 Å². The van der Waals surface area contributed by atoms with E-state index in [4.69, 9.17) is 8.92 Å². The molecule has 0 radical (unpaired) electrons. The van der Waals surface area contributed by atoms with Crippen molar-refractivity contribution in [1.29, 1.82) is 0 Å². The molecule has 32 heavy (non-hydrogen) atoms. The van der Waals surface area contributed by atoms with E-state index in [2.05, 4.69) is 5.32 Å². The Balaban J connectivity index is 1.78. The van der Waals surface area contributed by atoms with Gasteiger partial charge in [-0.15, -0.1) is 0 Å². The van der Waals surface area contributed by atoms with Gasteiger partial charge in [0.2, 0.25) is 5.91 Å². The second-order valence-electron chi connectivity index (χ2n) is 7.01. The standard InChI is InChI=1S/C24H25NO6S/c1-30-22-13-12-19(16-23(27)25-15-14-18-8-4-2-5-9-18)21(17-26)24(22)31-32(28,29)20-10-6-3-7-11-20/h2-13,26H,14-17H2,1H3,(H,25,27). The zero-order valence-corrected chi connectivity index (χ0v) is 18.5. The number of hydrogen-bond acceptors (Lipinski definition) is 6. The van der Waals surface area contributed by atoms with Crippen molar-refractivity contribution in [2.24, 2.45) is 0 Å². The third-order valence-corrected chi connectivity index (χ3v) is 6.09. The largest absolute Gasteiger partial charge is 0.493 e. The number of aliphatic hydroxyl groups excluding tert-OH is 1. The summed E-state index contributed by atoms with van der Waals surface area (Å²) >= 11 is 0. The number of carbonyl (C=O) groups is 1. The minimum Gasteiger partial charge on any atom is -0.493 e. The first-order chi connectivity index (χ1) is 15.4. The van der Waals surface area contributed by atoms with E-state index in [1.165, 1.54) is 25.3 Å². The highest BCUT2D eigenvalue weighted by Gasteiger charge is 2.24. The van der Waals surface area contributed by atoms with Gasteiger partial charge in [-0.1, -0.05) is 54.6 Å². The summed E-state index contributed by atoms with van der Waals surface area (Å²) in [4.78, 5) is 12.4. The first-order valence-electron chi connectivity index (χ1n) is 10.0. The molecule has 0 atom stereocenters. The van der Waals surface area contributed by atoms with E-state index in [0.717, 1.165) is 5.56 Å². The molecule has 0 fully saturated rings. The Morgan fingerprint density at radius 3 is 2.25 bits per heavy atom. The lowest BCUT2D eigenvalue weighted by molar-refractivity contribution is -0.120. The van der Waals surface area contributed by atoms with Crippen LogP contribution in [0.15, 0.2) is 77.7 Å². The van der Waals surface area contributed by atoms with E-state index in [1.54, 1.807) is 24.3 Å². The molecule has 2 N–H and O–H groups in total. The van der Waals surface area contributed by atoms with Gasteiger partial charge in [-0.05, 0) is 35.7 Å². The molecule has 0 spiro atoms. The molecule has 1 amide bonds. The topological polar surface area (TPSA) is 102 Å². The van der Waals surface area contributed by atoms with Crippen LogP contribution in [0.3, 0.4) is 0 Å². The molecule has 0 saturated carbocycles. The van der Waals surface area contributed by atoms with Crippen molar-refractivity contribution < 1.29 is 27.2 Å². The molecule has 3 rings (SSSR count).